The lowest BCUT2D eigenvalue weighted by Crippen LogP contribution is -2.24. The maximum absolute atomic E-state index is 15.3. The fraction of sp³-hybridized carbons (Fsp3) is 0.375. The van der Waals surface area contributed by atoms with Gasteiger partial charge >= 0.3 is 6.09 Å². The van der Waals surface area contributed by atoms with Crippen LogP contribution in [0.5, 0.6) is 5.88 Å². The molecule has 3 aromatic rings. The van der Waals surface area contributed by atoms with E-state index in [1.54, 1.807) is 18.3 Å². The van der Waals surface area contributed by atoms with Crippen LogP contribution in [0.4, 0.5) is 26.4 Å². The van der Waals surface area contributed by atoms with E-state index < -0.39 is 11.9 Å². The van der Waals surface area contributed by atoms with E-state index in [4.69, 9.17) is 15.2 Å². The Kier molecular flexibility index (Phi) is 5.62. The minimum Gasteiger partial charge on any atom is -0.474 e. The summed E-state index contributed by atoms with van der Waals surface area (Å²) in [5, 5.41) is 7.06. The number of ether oxygens (including phenoxy) is 2. The van der Waals surface area contributed by atoms with Crippen molar-refractivity contribution in [2.24, 2.45) is 0 Å². The number of carbonyl (C=O) groups excluding carboxylic acids is 1. The Labute approximate surface area is 190 Å². The van der Waals surface area contributed by atoms with Gasteiger partial charge in [0.2, 0.25) is 5.88 Å². The number of nitrogen functional groups attached to an aromatic ring is 1. The summed E-state index contributed by atoms with van der Waals surface area (Å²) in [5.74, 6) is 0.280. The van der Waals surface area contributed by atoms with E-state index in [-0.39, 0.29) is 11.8 Å². The molecule has 0 spiro atoms. The molecule has 2 aliphatic rings. The number of fused-ring (bicyclic) bond motifs is 2. The van der Waals surface area contributed by atoms with Crippen molar-refractivity contribution >= 4 is 34.1 Å². The van der Waals surface area contributed by atoms with Crippen LogP contribution in [-0.4, -0.2) is 35.3 Å². The molecule has 33 heavy (non-hydrogen) atoms. The quantitative estimate of drug-likeness (QED) is 0.480. The van der Waals surface area contributed by atoms with Crippen molar-refractivity contribution in [2.45, 2.75) is 45.1 Å². The standard InChI is InChI=1S/C24H26FN5O3/c1-13-17(11-29-23-22(13)27-7-8-32-23)16-9-14-10-19(28-12-18(14)21(26)20(16)25)30-24(31)33-15-5-3-2-4-6-15/h9-12,15,27H,2-8,26H2,1H3,(H,28,30,31). The second-order valence-corrected chi connectivity index (χ2v) is 8.49. The number of nitrogens with two attached hydrogens (primary N) is 1. The number of anilines is 3. The molecule has 4 N–H and O–H groups in total. The molecular weight excluding hydrogens is 425 g/mol. The van der Waals surface area contributed by atoms with Crippen LogP contribution in [0.1, 0.15) is 37.7 Å². The Morgan fingerprint density at radius 2 is 2.03 bits per heavy atom. The SMILES string of the molecule is Cc1c(-c2cc3cc(NC(=O)OC4CCCCC4)ncc3c(N)c2F)cnc2c1NCCO2. The zero-order valence-electron chi connectivity index (χ0n) is 18.4. The van der Waals surface area contributed by atoms with E-state index in [2.05, 4.69) is 20.6 Å². The Hall–Kier alpha value is -3.62. The highest BCUT2D eigenvalue weighted by Gasteiger charge is 2.22. The van der Waals surface area contributed by atoms with E-state index >= 15 is 4.39 Å². The summed E-state index contributed by atoms with van der Waals surface area (Å²) in [6, 6.07) is 3.36. The first-order valence-electron chi connectivity index (χ1n) is 11.2. The van der Waals surface area contributed by atoms with Gasteiger partial charge < -0.3 is 20.5 Å². The molecule has 9 heteroatoms. The molecule has 1 saturated carbocycles. The lowest BCUT2D eigenvalue weighted by atomic mass is 9.97. The summed E-state index contributed by atoms with van der Waals surface area (Å²) >= 11 is 0. The number of pyridine rings is 2. The zero-order chi connectivity index (χ0) is 22.9. The van der Waals surface area contributed by atoms with E-state index in [1.807, 2.05) is 6.92 Å². The predicted octanol–water partition coefficient (Wildman–Crippen LogP) is 5.01. The van der Waals surface area contributed by atoms with Crippen LogP contribution in [0.2, 0.25) is 0 Å². The van der Waals surface area contributed by atoms with Gasteiger partial charge in [0.1, 0.15) is 24.2 Å². The molecule has 0 unspecified atom stereocenters. The predicted molar refractivity (Wildman–Crippen MR) is 125 cm³/mol. The molecule has 0 radical (unpaired) electrons. The van der Waals surface area contributed by atoms with Gasteiger partial charge in [0, 0.05) is 35.5 Å². The number of nitrogens with one attached hydrogen (secondary N) is 2. The first-order valence-corrected chi connectivity index (χ1v) is 11.2. The van der Waals surface area contributed by atoms with Crippen molar-refractivity contribution < 1.29 is 18.7 Å². The molecule has 1 fully saturated rings. The summed E-state index contributed by atoms with van der Waals surface area (Å²) in [6.45, 7) is 3.07. The Morgan fingerprint density at radius 1 is 1.21 bits per heavy atom. The molecule has 2 aromatic heterocycles. The number of hydrogen-bond acceptors (Lipinski definition) is 7. The van der Waals surface area contributed by atoms with Gasteiger partial charge in [0.15, 0.2) is 5.82 Å². The molecule has 0 saturated heterocycles. The normalized spacial score (nSPS) is 15.9. The third kappa shape index (κ3) is 4.10. The fourth-order valence-corrected chi connectivity index (χ4v) is 4.52. The third-order valence-corrected chi connectivity index (χ3v) is 6.29. The summed E-state index contributed by atoms with van der Waals surface area (Å²) in [7, 11) is 0. The smallest absolute Gasteiger partial charge is 0.413 e. The van der Waals surface area contributed by atoms with Crippen LogP contribution in [0, 0.1) is 12.7 Å². The molecule has 8 nitrogen and oxygen atoms in total. The summed E-state index contributed by atoms with van der Waals surface area (Å²) in [6.07, 6.45) is 7.52. The van der Waals surface area contributed by atoms with Gasteiger partial charge in [-0.3, -0.25) is 5.32 Å². The number of amides is 1. The maximum atomic E-state index is 15.3. The molecule has 5 rings (SSSR count). The minimum atomic E-state index is -0.539. The van der Waals surface area contributed by atoms with Crippen LogP contribution in [-0.2, 0) is 4.74 Å². The monoisotopic (exact) mass is 451 g/mol. The Bertz CT molecular complexity index is 1230. The fourth-order valence-electron chi connectivity index (χ4n) is 4.52. The average molecular weight is 452 g/mol. The molecule has 0 bridgehead atoms. The van der Waals surface area contributed by atoms with E-state index in [9.17, 15) is 4.79 Å². The second kappa shape index (κ2) is 8.73. The van der Waals surface area contributed by atoms with Gasteiger partial charge in [-0.2, -0.15) is 0 Å². The molecule has 1 aliphatic heterocycles. The summed E-state index contributed by atoms with van der Waals surface area (Å²) in [5.41, 5.74) is 8.63. The van der Waals surface area contributed by atoms with Crippen LogP contribution >= 0.6 is 0 Å². The van der Waals surface area contributed by atoms with Crippen molar-refractivity contribution in [1.82, 2.24) is 9.97 Å². The van der Waals surface area contributed by atoms with Gasteiger partial charge in [-0.05, 0) is 55.7 Å². The van der Waals surface area contributed by atoms with E-state index in [1.165, 1.54) is 12.6 Å². The number of nitrogens with zero attached hydrogens (tertiary/aromatic N) is 2. The van der Waals surface area contributed by atoms with Crippen LogP contribution in [0.3, 0.4) is 0 Å². The van der Waals surface area contributed by atoms with E-state index in [0.29, 0.717) is 46.7 Å². The first kappa shape index (κ1) is 21.2. The lowest BCUT2D eigenvalue weighted by Gasteiger charge is -2.22. The highest BCUT2D eigenvalue weighted by atomic mass is 19.1. The van der Waals surface area contributed by atoms with Gasteiger partial charge in [0.05, 0.1) is 5.69 Å². The van der Waals surface area contributed by atoms with Crippen molar-refractivity contribution in [3.8, 4) is 17.0 Å². The highest BCUT2D eigenvalue weighted by molar-refractivity contribution is 5.99. The minimum absolute atomic E-state index is 0.00679. The molecule has 172 valence electrons. The third-order valence-electron chi connectivity index (χ3n) is 6.29. The number of hydrogen-bond donors (Lipinski definition) is 3. The first-order chi connectivity index (χ1) is 16.0. The molecule has 0 atom stereocenters. The van der Waals surface area contributed by atoms with Crippen molar-refractivity contribution in [3.63, 3.8) is 0 Å². The van der Waals surface area contributed by atoms with Gasteiger partial charge in [-0.25, -0.2) is 19.2 Å². The summed E-state index contributed by atoms with van der Waals surface area (Å²) in [4.78, 5) is 20.9. The largest absolute Gasteiger partial charge is 0.474 e. The van der Waals surface area contributed by atoms with Crippen LogP contribution < -0.4 is 21.1 Å². The molecule has 3 heterocycles. The van der Waals surface area contributed by atoms with Gasteiger partial charge in [0.25, 0.3) is 0 Å². The number of benzene rings is 1. The van der Waals surface area contributed by atoms with Crippen molar-refractivity contribution in [1.29, 1.82) is 0 Å². The molecule has 1 aromatic carbocycles. The number of aromatic nitrogens is 2. The number of halogens is 1. The van der Waals surface area contributed by atoms with Gasteiger partial charge in [-0.15, -0.1) is 0 Å². The number of rotatable bonds is 3. The van der Waals surface area contributed by atoms with Crippen LogP contribution in [0.15, 0.2) is 24.5 Å². The molecule has 1 amide bonds. The maximum Gasteiger partial charge on any atom is 0.413 e. The average Bonchev–Trinajstić information content (AvgIpc) is 2.82. The van der Waals surface area contributed by atoms with Crippen LogP contribution in [0.25, 0.3) is 21.9 Å². The zero-order valence-corrected chi connectivity index (χ0v) is 18.4. The van der Waals surface area contributed by atoms with Gasteiger partial charge in [-0.1, -0.05) is 6.42 Å². The topological polar surface area (TPSA) is 111 Å². The Morgan fingerprint density at radius 3 is 2.85 bits per heavy atom. The second-order valence-electron chi connectivity index (χ2n) is 8.49. The molecular formula is C24H26FN5O3. The lowest BCUT2D eigenvalue weighted by molar-refractivity contribution is 0.0864. The molecule has 1 aliphatic carbocycles. The van der Waals surface area contributed by atoms with E-state index in [0.717, 1.165) is 36.9 Å². The number of carbonyl (C=O) groups is 1. The van der Waals surface area contributed by atoms with Crippen molar-refractivity contribution in [2.75, 3.05) is 29.5 Å². The Balaban J connectivity index is 1.47. The highest BCUT2D eigenvalue weighted by Crippen LogP contribution is 2.39. The summed E-state index contributed by atoms with van der Waals surface area (Å²) < 4.78 is 26.4. The van der Waals surface area contributed by atoms with Crippen molar-refractivity contribution in [3.05, 3.63) is 35.9 Å².